The van der Waals surface area contributed by atoms with Gasteiger partial charge < -0.3 is 25.8 Å². The molecule has 0 radical (unpaired) electrons. The second kappa shape index (κ2) is 13.3. The molecule has 0 aliphatic heterocycles. The standard InChI is InChI=1S/C33H39N3O6/c1-31(2,3)42-30(41)34-26(28(38)36-32(4,5)29(39)40)21-22-27(37)35-33(23-15-9-6-10-16-23,24-17-11-7-12-18-24)25-19-13-8-14-20-25/h6-20,26H,21-22H2,1-5H3,(H,34,41)(H,35,37)(H,36,38)(H,39,40)/t26-/m0/s1. The SMILES string of the molecule is CC(C)(C)OC(=O)N[C@@H](CCC(=O)NC(c1ccccc1)(c1ccccc1)c1ccccc1)C(=O)NC(C)(C)C(=O)O. The average Bonchev–Trinajstić information content (AvgIpc) is 2.94. The molecule has 0 aliphatic rings. The summed E-state index contributed by atoms with van der Waals surface area (Å²) >= 11 is 0. The molecule has 3 amide bonds. The lowest BCUT2D eigenvalue weighted by Crippen LogP contribution is -2.57. The van der Waals surface area contributed by atoms with Crippen LogP contribution in [-0.2, 0) is 24.7 Å². The summed E-state index contributed by atoms with van der Waals surface area (Å²) in [5, 5.41) is 17.6. The maximum Gasteiger partial charge on any atom is 0.408 e. The molecule has 0 aromatic heterocycles. The third kappa shape index (κ3) is 8.19. The van der Waals surface area contributed by atoms with Crippen LogP contribution < -0.4 is 16.0 Å². The van der Waals surface area contributed by atoms with Crippen molar-refractivity contribution in [3.8, 4) is 0 Å². The molecule has 9 nitrogen and oxygen atoms in total. The number of benzene rings is 3. The van der Waals surface area contributed by atoms with E-state index < -0.39 is 40.7 Å². The van der Waals surface area contributed by atoms with Crippen molar-refractivity contribution in [2.75, 3.05) is 0 Å². The molecule has 0 unspecified atom stereocenters. The van der Waals surface area contributed by atoms with Gasteiger partial charge in [0.1, 0.15) is 22.7 Å². The smallest absolute Gasteiger partial charge is 0.408 e. The van der Waals surface area contributed by atoms with Crippen molar-refractivity contribution in [2.45, 2.75) is 70.2 Å². The molecule has 3 aromatic carbocycles. The fraction of sp³-hybridized carbons (Fsp3) is 0.333. The molecule has 0 bridgehead atoms. The van der Waals surface area contributed by atoms with E-state index in [0.717, 1.165) is 16.7 Å². The van der Waals surface area contributed by atoms with Crippen LogP contribution in [0.15, 0.2) is 91.0 Å². The minimum Gasteiger partial charge on any atom is -0.480 e. The molecule has 0 heterocycles. The molecule has 3 aromatic rings. The van der Waals surface area contributed by atoms with E-state index in [2.05, 4.69) is 16.0 Å². The Morgan fingerprint density at radius 3 is 1.52 bits per heavy atom. The van der Waals surface area contributed by atoms with Crippen molar-refractivity contribution in [3.05, 3.63) is 108 Å². The molecular formula is C33H39N3O6. The summed E-state index contributed by atoms with van der Waals surface area (Å²) < 4.78 is 5.31. The van der Waals surface area contributed by atoms with Crippen LogP contribution in [0.2, 0.25) is 0 Å². The first kappa shape index (κ1) is 31.9. The zero-order valence-corrected chi connectivity index (χ0v) is 24.6. The molecule has 222 valence electrons. The zero-order valence-electron chi connectivity index (χ0n) is 24.6. The van der Waals surface area contributed by atoms with Gasteiger partial charge in [-0.2, -0.15) is 0 Å². The van der Waals surface area contributed by atoms with Crippen molar-refractivity contribution in [1.29, 1.82) is 0 Å². The van der Waals surface area contributed by atoms with Crippen molar-refractivity contribution >= 4 is 23.9 Å². The van der Waals surface area contributed by atoms with Gasteiger partial charge in [-0.1, -0.05) is 91.0 Å². The van der Waals surface area contributed by atoms with Gasteiger partial charge in [0.2, 0.25) is 11.8 Å². The predicted molar refractivity (Wildman–Crippen MR) is 160 cm³/mol. The molecular weight excluding hydrogens is 534 g/mol. The number of carboxylic acids is 1. The highest BCUT2D eigenvalue weighted by Gasteiger charge is 2.38. The average molecular weight is 574 g/mol. The van der Waals surface area contributed by atoms with Crippen molar-refractivity contribution in [3.63, 3.8) is 0 Å². The summed E-state index contributed by atoms with van der Waals surface area (Å²) in [7, 11) is 0. The number of carbonyl (C=O) groups is 4. The number of ether oxygens (including phenoxy) is 1. The number of amides is 3. The topological polar surface area (TPSA) is 134 Å². The number of aliphatic carboxylic acids is 1. The van der Waals surface area contributed by atoms with Crippen molar-refractivity contribution < 1.29 is 29.0 Å². The lowest BCUT2D eigenvalue weighted by molar-refractivity contribution is -0.146. The minimum atomic E-state index is -1.60. The first-order chi connectivity index (χ1) is 19.7. The van der Waals surface area contributed by atoms with E-state index in [1.54, 1.807) is 20.8 Å². The molecule has 42 heavy (non-hydrogen) atoms. The van der Waals surface area contributed by atoms with Gasteiger partial charge in [-0.05, 0) is 57.7 Å². The van der Waals surface area contributed by atoms with E-state index in [1.165, 1.54) is 13.8 Å². The molecule has 0 aliphatic carbocycles. The minimum absolute atomic E-state index is 0.110. The Morgan fingerprint density at radius 2 is 1.14 bits per heavy atom. The lowest BCUT2D eigenvalue weighted by Gasteiger charge is -2.37. The third-order valence-corrected chi connectivity index (χ3v) is 6.59. The fourth-order valence-electron chi connectivity index (χ4n) is 4.50. The van der Waals surface area contributed by atoms with Gasteiger partial charge in [0.25, 0.3) is 0 Å². The van der Waals surface area contributed by atoms with Gasteiger partial charge in [-0.3, -0.25) is 9.59 Å². The quantitative estimate of drug-likeness (QED) is 0.245. The van der Waals surface area contributed by atoms with Crippen LogP contribution in [0.3, 0.4) is 0 Å². The Labute approximate surface area is 246 Å². The number of hydrogen-bond acceptors (Lipinski definition) is 5. The molecule has 0 fully saturated rings. The lowest BCUT2D eigenvalue weighted by atomic mass is 9.77. The summed E-state index contributed by atoms with van der Waals surface area (Å²) in [6.45, 7) is 7.70. The van der Waals surface area contributed by atoms with Gasteiger partial charge >= 0.3 is 12.1 Å². The summed E-state index contributed by atoms with van der Waals surface area (Å²) in [4.78, 5) is 51.1. The Hall–Kier alpha value is -4.66. The molecule has 0 saturated heterocycles. The molecule has 4 N–H and O–H groups in total. The number of carbonyl (C=O) groups excluding carboxylic acids is 3. The van der Waals surface area contributed by atoms with Crippen LogP contribution in [0, 0.1) is 0 Å². The molecule has 1 atom stereocenters. The van der Waals surface area contributed by atoms with Gasteiger partial charge in [0.05, 0.1) is 0 Å². The van der Waals surface area contributed by atoms with Gasteiger partial charge in [0, 0.05) is 6.42 Å². The van der Waals surface area contributed by atoms with Gasteiger partial charge in [0.15, 0.2) is 0 Å². The summed E-state index contributed by atoms with van der Waals surface area (Å²) in [5.74, 6) is -2.38. The Morgan fingerprint density at radius 1 is 0.714 bits per heavy atom. The highest BCUT2D eigenvalue weighted by Crippen LogP contribution is 2.37. The van der Waals surface area contributed by atoms with Crippen LogP contribution in [0.4, 0.5) is 4.79 Å². The third-order valence-electron chi connectivity index (χ3n) is 6.59. The first-order valence-electron chi connectivity index (χ1n) is 13.8. The van der Waals surface area contributed by atoms with Crippen LogP contribution in [0.5, 0.6) is 0 Å². The first-order valence-corrected chi connectivity index (χ1v) is 13.8. The number of nitrogens with one attached hydrogen (secondary N) is 3. The molecule has 0 spiro atoms. The normalized spacial score (nSPS) is 12.5. The number of rotatable bonds is 11. The molecule has 9 heteroatoms. The van der Waals surface area contributed by atoms with Crippen LogP contribution in [-0.4, -0.2) is 46.2 Å². The summed E-state index contributed by atoms with van der Waals surface area (Å²) in [6, 6.07) is 27.5. The predicted octanol–water partition coefficient (Wildman–Crippen LogP) is 4.75. The molecule has 0 saturated carbocycles. The summed E-state index contributed by atoms with van der Waals surface area (Å²) in [6.07, 6.45) is -1.13. The van der Waals surface area contributed by atoms with Gasteiger partial charge in [-0.25, -0.2) is 9.59 Å². The number of hydrogen-bond donors (Lipinski definition) is 4. The largest absolute Gasteiger partial charge is 0.480 e. The Bertz CT molecular complexity index is 1270. The summed E-state index contributed by atoms with van der Waals surface area (Å²) in [5.41, 5.74) is -0.983. The van der Waals surface area contributed by atoms with E-state index in [9.17, 15) is 24.3 Å². The Kier molecular flexibility index (Phi) is 10.1. The second-order valence-corrected chi connectivity index (χ2v) is 11.6. The zero-order chi connectivity index (χ0) is 31.0. The van der Waals surface area contributed by atoms with Crippen LogP contribution in [0.1, 0.15) is 64.2 Å². The second-order valence-electron chi connectivity index (χ2n) is 11.6. The number of carboxylic acid groups (broad SMARTS) is 1. The fourth-order valence-corrected chi connectivity index (χ4v) is 4.50. The van der Waals surface area contributed by atoms with Crippen LogP contribution in [0.25, 0.3) is 0 Å². The molecule has 3 rings (SSSR count). The Balaban J connectivity index is 1.94. The van der Waals surface area contributed by atoms with E-state index >= 15 is 0 Å². The maximum atomic E-state index is 13.7. The monoisotopic (exact) mass is 573 g/mol. The highest BCUT2D eigenvalue weighted by molar-refractivity contribution is 5.91. The van der Waals surface area contributed by atoms with Crippen LogP contribution >= 0.6 is 0 Å². The maximum absolute atomic E-state index is 13.7. The van der Waals surface area contributed by atoms with Crippen molar-refractivity contribution in [2.24, 2.45) is 0 Å². The van der Waals surface area contributed by atoms with E-state index in [-0.39, 0.29) is 18.7 Å². The highest BCUT2D eigenvalue weighted by atomic mass is 16.6. The van der Waals surface area contributed by atoms with E-state index in [0.29, 0.717) is 0 Å². The van der Waals surface area contributed by atoms with E-state index in [1.807, 2.05) is 91.0 Å². The van der Waals surface area contributed by atoms with Gasteiger partial charge in [-0.15, -0.1) is 0 Å². The van der Waals surface area contributed by atoms with E-state index in [4.69, 9.17) is 4.74 Å². The van der Waals surface area contributed by atoms with Crippen molar-refractivity contribution in [1.82, 2.24) is 16.0 Å². The number of alkyl carbamates (subject to hydrolysis) is 1.